The van der Waals surface area contributed by atoms with Crippen LogP contribution in [0.2, 0.25) is 10.0 Å². The molecule has 0 aromatic carbocycles. The first kappa shape index (κ1) is 13.9. The number of rotatable bonds is 3. The minimum atomic E-state index is -0.426. The Balaban J connectivity index is 2.57. The maximum absolute atomic E-state index is 11.7. The van der Waals surface area contributed by atoms with Crippen LogP contribution in [0.3, 0.4) is 0 Å². The van der Waals surface area contributed by atoms with Gasteiger partial charge in [0.15, 0.2) is 5.82 Å². The monoisotopic (exact) mass is 302 g/mol. The van der Waals surface area contributed by atoms with Crippen LogP contribution >= 0.6 is 23.2 Å². The number of hydrogen-bond donors (Lipinski definition) is 1. The molecule has 0 aliphatic heterocycles. The molecular formula is C11H12Cl2N4O2. The van der Waals surface area contributed by atoms with Gasteiger partial charge in [-0.25, -0.2) is 4.79 Å². The van der Waals surface area contributed by atoms with Crippen molar-refractivity contribution in [3.8, 4) is 11.7 Å². The molecule has 8 heteroatoms. The second-order valence-electron chi connectivity index (χ2n) is 4.17. The van der Waals surface area contributed by atoms with E-state index in [1.54, 1.807) is 6.92 Å². The number of ether oxygens (including phenoxy) is 1. The van der Waals surface area contributed by atoms with E-state index < -0.39 is 5.69 Å². The zero-order valence-corrected chi connectivity index (χ0v) is 12.1. The fourth-order valence-corrected chi connectivity index (χ4v) is 1.95. The van der Waals surface area contributed by atoms with E-state index in [1.807, 2.05) is 13.8 Å². The topological polar surface area (TPSA) is 72.8 Å². The molecule has 0 saturated heterocycles. The van der Waals surface area contributed by atoms with Gasteiger partial charge in [-0.3, -0.25) is 4.98 Å². The lowest BCUT2D eigenvalue weighted by Crippen LogP contribution is -2.18. The van der Waals surface area contributed by atoms with Crippen LogP contribution in [-0.2, 0) is 0 Å². The molecule has 2 aromatic heterocycles. The standard InChI is InChI=1S/C11H12Cl2N4O2/c1-5(2)19-10-8(13)4-7(12)9(15-10)17-11(18)14-6(3)16-17/h4-5H,1-3H3,(H,14,16,18). The predicted octanol–water partition coefficient (Wildman–Crippen LogP) is 2.36. The van der Waals surface area contributed by atoms with Crippen molar-refractivity contribution < 1.29 is 4.74 Å². The number of aromatic amines is 1. The van der Waals surface area contributed by atoms with Crippen molar-refractivity contribution in [3.05, 3.63) is 32.4 Å². The molecule has 6 nitrogen and oxygen atoms in total. The van der Waals surface area contributed by atoms with Crippen molar-refractivity contribution >= 4 is 23.2 Å². The highest BCUT2D eigenvalue weighted by Gasteiger charge is 2.16. The summed E-state index contributed by atoms with van der Waals surface area (Å²) in [6, 6.07) is 1.47. The summed E-state index contributed by atoms with van der Waals surface area (Å²) in [5.74, 6) is 0.851. The highest BCUT2D eigenvalue weighted by molar-refractivity contribution is 6.36. The van der Waals surface area contributed by atoms with Crippen molar-refractivity contribution in [2.45, 2.75) is 26.9 Å². The lowest BCUT2D eigenvalue weighted by molar-refractivity contribution is 0.232. The van der Waals surface area contributed by atoms with Crippen LogP contribution in [0, 0.1) is 6.92 Å². The van der Waals surface area contributed by atoms with Crippen LogP contribution in [0.25, 0.3) is 5.82 Å². The zero-order valence-electron chi connectivity index (χ0n) is 10.6. The van der Waals surface area contributed by atoms with Gasteiger partial charge in [0.25, 0.3) is 0 Å². The summed E-state index contributed by atoms with van der Waals surface area (Å²) < 4.78 is 6.52. The van der Waals surface area contributed by atoms with Crippen LogP contribution in [0.5, 0.6) is 5.88 Å². The first-order valence-corrected chi connectivity index (χ1v) is 6.33. The molecule has 1 N–H and O–H groups in total. The third kappa shape index (κ3) is 2.90. The number of H-pyrrole nitrogens is 1. The third-order valence-electron chi connectivity index (χ3n) is 2.16. The summed E-state index contributed by atoms with van der Waals surface area (Å²) in [4.78, 5) is 18.4. The molecule has 0 radical (unpaired) electrons. The van der Waals surface area contributed by atoms with Crippen molar-refractivity contribution in [2.75, 3.05) is 0 Å². The van der Waals surface area contributed by atoms with Gasteiger partial charge in [0, 0.05) is 0 Å². The Labute approximate surface area is 119 Å². The Morgan fingerprint density at radius 1 is 1.37 bits per heavy atom. The van der Waals surface area contributed by atoms with E-state index in [-0.39, 0.29) is 27.8 Å². The molecule has 0 fully saturated rings. The predicted molar refractivity (Wildman–Crippen MR) is 72.5 cm³/mol. The minimum Gasteiger partial charge on any atom is -0.474 e. The lowest BCUT2D eigenvalue weighted by atomic mass is 10.4. The average molecular weight is 303 g/mol. The van der Waals surface area contributed by atoms with Gasteiger partial charge >= 0.3 is 5.69 Å². The van der Waals surface area contributed by atoms with Gasteiger partial charge < -0.3 is 4.74 Å². The van der Waals surface area contributed by atoms with Crippen LogP contribution in [0.15, 0.2) is 10.9 Å². The Hall–Kier alpha value is -1.53. The SMILES string of the molecule is Cc1nn(-c2nc(OC(C)C)c(Cl)cc2Cl)c(=O)[nH]1. The molecule has 19 heavy (non-hydrogen) atoms. The summed E-state index contributed by atoms with van der Waals surface area (Å²) in [7, 11) is 0. The highest BCUT2D eigenvalue weighted by atomic mass is 35.5. The summed E-state index contributed by atoms with van der Waals surface area (Å²) in [5, 5.41) is 4.49. The largest absolute Gasteiger partial charge is 0.474 e. The molecule has 0 amide bonds. The third-order valence-corrected chi connectivity index (χ3v) is 2.71. The molecule has 0 saturated carbocycles. The number of nitrogens with zero attached hydrogens (tertiary/aromatic N) is 3. The Morgan fingerprint density at radius 2 is 2.05 bits per heavy atom. The molecule has 102 valence electrons. The van der Waals surface area contributed by atoms with Crippen molar-refractivity contribution in [1.82, 2.24) is 19.7 Å². The van der Waals surface area contributed by atoms with Crippen molar-refractivity contribution in [2.24, 2.45) is 0 Å². The van der Waals surface area contributed by atoms with E-state index in [2.05, 4.69) is 15.1 Å². The maximum Gasteiger partial charge on any atom is 0.349 e. The van der Waals surface area contributed by atoms with Crippen LogP contribution in [0.4, 0.5) is 0 Å². The smallest absolute Gasteiger partial charge is 0.349 e. The number of aromatic nitrogens is 4. The summed E-state index contributed by atoms with van der Waals surface area (Å²) in [6.45, 7) is 5.35. The van der Waals surface area contributed by atoms with E-state index in [1.165, 1.54) is 6.07 Å². The fraction of sp³-hybridized carbons (Fsp3) is 0.364. The van der Waals surface area contributed by atoms with Crippen molar-refractivity contribution in [3.63, 3.8) is 0 Å². The van der Waals surface area contributed by atoms with E-state index in [0.717, 1.165) is 4.68 Å². The maximum atomic E-state index is 11.7. The molecular weight excluding hydrogens is 291 g/mol. The summed E-state index contributed by atoms with van der Waals surface area (Å²) >= 11 is 12.0. The summed E-state index contributed by atoms with van der Waals surface area (Å²) in [6.07, 6.45) is -0.100. The first-order valence-electron chi connectivity index (χ1n) is 5.57. The Morgan fingerprint density at radius 3 is 2.58 bits per heavy atom. The van der Waals surface area contributed by atoms with Crippen LogP contribution in [-0.4, -0.2) is 25.9 Å². The molecule has 2 aromatic rings. The van der Waals surface area contributed by atoms with Crippen LogP contribution in [0.1, 0.15) is 19.7 Å². The van der Waals surface area contributed by atoms with Gasteiger partial charge in [0.05, 0.1) is 11.1 Å². The number of halogens is 2. The van der Waals surface area contributed by atoms with E-state index >= 15 is 0 Å². The van der Waals surface area contributed by atoms with E-state index in [4.69, 9.17) is 27.9 Å². The van der Waals surface area contributed by atoms with E-state index in [9.17, 15) is 4.79 Å². The molecule has 0 aliphatic rings. The van der Waals surface area contributed by atoms with Crippen molar-refractivity contribution in [1.29, 1.82) is 0 Å². The quantitative estimate of drug-likeness (QED) is 0.944. The molecule has 0 aliphatic carbocycles. The Kier molecular flexibility index (Phi) is 3.82. The molecule has 0 bridgehead atoms. The normalized spacial score (nSPS) is 11.1. The summed E-state index contributed by atoms with van der Waals surface area (Å²) in [5.41, 5.74) is -0.426. The number of nitrogens with one attached hydrogen (secondary N) is 1. The fourth-order valence-electron chi connectivity index (χ4n) is 1.47. The molecule has 0 spiro atoms. The number of pyridine rings is 1. The number of hydrogen-bond acceptors (Lipinski definition) is 4. The second kappa shape index (κ2) is 5.22. The van der Waals surface area contributed by atoms with Crippen LogP contribution < -0.4 is 10.4 Å². The zero-order chi connectivity index (χ0) is 14.2. The molecule has 0 atom stereocenters. The highest BCUT2D eigenvalue weighted by Crippen LogP contribution is 2.29. The second-order valence-corrected chi connectivity index (χ2v) is 4.99. The average Bonchev–Trinajstić information content (AvgIpc) is 2.61. The molecule has 2 rings (SSSR count). The first-order chi connectivity index (χ1) is 8.88. The van der Waals surface area contributed by atoms with Gasteiger partial charge in [-0.2, -0.15) is 9.67 Å². The minimum absolute atomic E-state index is 0.100. The van der Waals surface area contributed by atoms with Gasteiger partial charge in [-0.05, 0) is 26.8 Å². The van der Waals surface area contributed by atoms with Gasteiger partial charge in [-0.15, -0.1) is 5.10 Å². The number of aryl methyl sites for hydroxylation is 1. The van der Waals surface area contributed by atoms with Gasteiger partial charge in [0.1, 0.15) is 10.8 Å². The van der Waals surface area contributed by atoms with Gasteiger partial charge in [0.2, 0.25) is 5.88 Å². The van der Waals surface area contributed by atoms with E-state index in [0.29, 0.717) is 5.82 Å². The Bertz CT molecular complexity index is 663. The molecule has 2 heterocycles. The van der Waals surface area contributed by atoms with Gasteiger partial charge in [-0.1, -0.05) is 23.2 Å². The molecule has 0 unspecified atom stereocenters. The lowest BCUT2D eigenvalue weighted by Gasteiger charge is -2.12.